The Morgan fingerprint density at radius 2 is 1.83 bits per heavy atom. The number of hydrogen-bond acceptors (Lipinski definition) is 9. The SMILES string of the molecule is N#CC1(CNc2cccc(-c3cc(NC4CCC(NCCOCCNC(=O)C5CC5)CC4)ncc3Cl)n2)CCOCC1. The van der Waals surface area contributed by atoms with Gasteiger partial charge in [0.2, 0.25) is 5.91 Å². The van der Waals surface area contributed by atoms with E-state index in [1.165, 1.54) is 0 Å². The van der Waals surface area contributed by atoms with Gasteiger partial charge in [-0.1, -0.05) is 17.7 Å². The molecule has 2 aliphatic carbocycles. The molecule has 0 radical (unpaired) electrons. The zero-order chi connectivity index (χ0) is 29.2. The molecular weight excluding hydrogens is 554 g/mol. The van der Waals surface area contributed by atoms with Gasteiger partial charge in [0.1, 0.15) is 11.6 Å². The molecule has 0 bridgehead atoms. The Hall–Kier alpha value is -2.97. The first-order valence-electron chi connectivity index (χ1n) is 15.2. The number of rotatable bonds is 14. The molecule has 1 saturated heterocycles. The molecule has 0 atom stereocenters. The van der Waals surface area contributed by atoms with Crippen molar-refractivity contribution in [1.82, 2.24) is 20.6 Å². The molecule has 11 heteroatoms. The summed E-state index contributed by atoms with van der Waals surface area (Å²) in [5.74, 6) is 1.92. The number of pyridine rings is 2. The number of amides is 1. The highest BCUT2D eigenvalue weighted by Gasteiger charge is 2.32. The van der Waals surface area contributed by atoms with E-state index >= 15 is 0 Å². The maximum absolute atomic E-state index is 11.6. The Kier molecular flexibility index (Phi) is 10.9. The second kappa shape index (κ2) is 15.0. The average Bonchev–Trinajstić information content (AvgIpc) is 3.88. The molecule has 2 aromatic rings. The van der Waals surface area contributed by atoms with Crippen molar-refractivity contribution in [2.45, 2.75) is 63.5 Å². The van der Waals surface area contributed by atoms with E-state index in [2.05, 4.69) is 32.3 Å². The van der Waals surface area contributed by atoms with Crippen molar-refractivity contribution < 1.29 is 14.3 Å². The first-order chi connectivity index (χ1) is 20.5. The van der Waals surface area contributed by atoms with E-state index in [-0.39, 0.29) is 11.8 Å². The molecule has 3 heterocycles. The highest BCUT2D eigenvalue weighted by atomic mass is 35.5. The molecule has 3 fully saturated rings. The molecule has 0 unspecified atom stereocenters. The van der Waals surface area contributed by atoms with E-state index in [1.807, 2.05) is 24.3 Å². The van der Waals surface area contributed by atoms with Crippen LogP contribution in [0.25, 0.3) is 11.3 Å². The monoisotopic (exact) mass is 595 g/mol. The Balaban J connectivity index is 1.05. The maximum atomic E-state index is 11.6. The summed E-state index contributed by atoms with van der Waals surface area (Å²) < 4.78 is 11.1. The van der Waals surface area contributed by atoms with Crippen LogP contribution in [0.2, 0.25) is 5.02 Å². The summed E-state index contributed by atoms with van der Waals surface area (Å²) in [5.41, 5.74) is 1.15. The minimum absolute atomic E-state index is 0.169. The molecule has 1 amide bonds. The number of halogens is 1. The van der Waals surface area contributed by atoms with E-state index in [0.717, 1.165) is 75.0 Å². The fraction of sp³-hybridized carbons (Fsp3) is 0.613. The van der Waals surface area contributed by atoms with Gasteiger partial charge in [0.15, 0.2) is 0 Å². The Bertz CT molecular complexity index is 1220. The number of anilines is 2. The van der Waals surface area contributed by atoms with Gasteiger partial charge in [-0.2, -0.15) is 5.26 Å². The highest BCUT2D eigenvalue weighted by Crippen LogP contribution is 2.32. The first-order valence-corrected chi connectivity index (χ1v) is 15.6. The molecule has 42 heavy (non-hydrogen) atoms. The summed E-state index contributed by atoms with van der Waals surface area (Å²) >= 11 is 6.56. The van der Waals surface area contributed by atoms with Crippen molar-refractivity contribution in [3.8, 4) is 17.3 Å². The molecule has 3 aliphatic rings. The topological polar surface area (TPSA) is 133 Å². The van der Waals surface area contributed by atoms with Crippen molar-refractivity contribution in [2.75, 3.05) is 56.7 Å². The normalized spacial score (nSPS) is 21.7. The van der Waals surface area contributed by atoms with Gasteiger partial charge >= 0.3 is 0 Å². The van der Waals surface area contributed by atoms with E-state index in [1.54, 1.807) is 6.20 Å². The zero-order valence-corrected chi connectivity index (χ0v) is 24.9. The molecule has 2 aromatic heterocycles. The van der Waals surface area contributed by atoms with Gasteiger partial charge < -0.3 is 30.7 Å². The van der Waals surface area contributed by atoms with Crippen LogP contribution in [-0.4, -0.2) is 74.0 Å². The molecule has 1 aliphatic heterocycles. The van der Waals surface area contributed by atoms with Gasteiger partial charge in [0.25, 0.3) is 0 Å². The van der Waals surface area contributed by atoms with E-state index in [0.29, 0.717) is 62.4 Å². The molecule has 0 spiro atoms. The molecule has 4 N–H and O–H groups in total. The number of nitrogens with one attached hydrogen (secondary N) is 4. The lowest BCUT2D eigenvalue weighted by Gasteiger charge is -2.30. The summed E-state index contributed by atoms with van der Waals surface area (Å²) in [4.78, 5) is 21.0. The molecule has 226 valence electrons. The molecular formula is C31H42ClN7O3. The number of ether oxygens (including phenoxy) is 2. The van der Waals surface area contributed by atoms with E-state index in [4.69, 9.17) is 26.1 Å². The maximum Gasteiger partial charge on any atom is 0.223 e. The van der Waals surface area contributed by atoms with Crippen molar-refractivity contribution in [2.24, 2.45) is 11.3 Å². The average molecular weight is 596 g/mol. The Morgan fingerprint density at radius 1 is 1.07 bits per heavy atom. The predicted octanol–water partition coefficient (Wildman–Crippen LogP) is 4.38. The lowest BCUT2D eigenvalue weighted by Crippen LogP contribution is -2.38. The van der Waals surface area contributed by atoms with Gasteiger partial charge in [0, 0.05) is 62.6 Å². The van der Waals surface area contributed by atoms with Crippen LogP contribution in [0, 0.1) is 22.7 Å². The Labute approximate surface area is 253 Å². The fourth-order valence-corrected chi connectivity index (χ4v) is 5.77. The summed E-state index contributed by atoms with van der Waals surface area (Å²) in [6, 6.07) is 11.1. The van der Waals surface area contributed by atoms with Crippen LogP contribution in [-0.2, 0) is 14.3 Å². The molecule has 10 nitrogen and oxygen atoms in total. The number of nitriles is 1. The highest BCUT2D eigenvalue weighted by molar-refractivity contribution is 6.33. The van der Waals surface area contributed by atoms with Gasteiger partial charge in [0.05, 0.1) is 35.4 Å². The largest absolute Gasteiger partial charge is 0.381 e. The second-order valence-electron chi connectivity index (χ2n) is 11.6. The number of carbonyl (C=O) groups is 1. The summed E-state index contributed by atoms with van der Waals surface area (Å²) in [6.07, 6.45) is 9.44. The third-order valence-corrected chi connectivity index (χ3v) is 8.73. The summed E-state index contributed by atoms with van der Waals surface area (Å²) in [6.45, 7) is 4.36. The van der Waals surface area contributed by atoms with Crippen LogP contribution < -0.4 is 21.3 Å². The van der Waals surface area contributed by atoms with Crippen LogP contribution in [0.5, 0.6) is 0 Å². The van der Waals surface area contributed by atoms with Crippen LogP contribution in [0.3, 0.4) is 0 Å². The predicted molar refractivity (Wildman–Crippen MR) is 163 cm³/mol. The van der Waals surface area contributed by atoms with Crippen molar-refractivity contribution in [3.63, 3.8) is 0 Å². The van der Waals surface area contributed by atoms with Crippen LogP contribution in [0.1, 0.15) is 51.4 Å². The summed E-state index contributed by atoms with van der Waals surface area (Å²) in [5, 5.41) is 23.8. The molecule has 0 aromatic carbocycles. The Morgan fingerprint density at radius 3 is 2.60 bits per heavy atom. The number of nitrogens with zero attached hydrogens (tertiary/aromatic N) is 3. The van der Waals surface area contributed by atoms with Crippen molar-refractivity contribution >= 4 is 29.1 Å². The zero-order valence-electron chi connectivity index (χ0n) is 24.2. The minimum atomic E-state index is -0.432. The van der Waals surface area contributed by atoms with E-state index < -0.39 is 5.41 Å². The molecule has 2 saturated carbocycles. The smallest absolute Gasteiger partial charge is 0.223 e. The second-order valence-corrected chi connectivity index (χ2v) is 12.0. The van der Waals surface area contributed by atoms with Gasteiger partial charge in [-0.25, -0.2) is 9.97 Å². The van der Waals surface area contributed by atoms with Crippen LogP contribution >= 0.6 is 11.6 Å². The number of carbonyl (C=O) groups excluding carboxylic acids is 1. The number of aromatic nitrogens is 2. The minimum Gasteiger partial charge on any atom is -0.381 e. The quantitative estimate of drug-likeness (QED) is 0.235. The lowest BCUT2D eigenvalue weighted by atomic mass is 9.82. The number of hydrogen-bond donors (Lipinski definition) is 4. The third-order valence-electron chi connectivity index (χ3n) is 8.43. The standard InChI is InChI=1S/C31H42ClN7O3/c32-26-19-36-29(18-25(26)27-2-1-3-28(39-27)37-21-31(20-33)10-14-41-15-11-31)38-24-8-6-23(7-9-24)34-12-16-42-17-13-35-30(40)22-4-5-22/h1-3,18-19,22-24,34H,4-17,21H2,(H,35,40)(H,36,38)(H,37,39). The van der Waals surface area contributed by atoms with Crippen molar-refractivity contribution in [1.29, 1.82) is 5.26 Å². The third kappa shape index (κ3) is 8.77. The van der Waals surface area contributed by atoms with Crippen LogP contribution in [0.15, 0.2) is 30.5 Å². The van der Waals surface area contributed by atoms with Gasteiger partial charge in [-0.15, -0.1) is 0 Å². The van der Waals surface area contributed by atoms with Gasteiger partial charge in [-0.05, 0) is 69.6 Å². The fourth-order valence-electron chi connectivity index (χ4n) is 5.57. The molecule has 5 rings (SSSR count). The van der Waals surface area contributed by atoms with Crippen LogP contribution in [0.4, 0.5) is 11.6 Å². The summed E-state index contributed by atoms with van der Waals surface area (Å²) in [7, 11) is 0. The van der Waals surface area contributed by atoms with Crippen molar-refractivity contribution in [3.05, 3.63) is 35.5 Å². The van der Waals surface area contributed by atoms with E-state index in [9.17, 15) is 10.1 Å². The lowest BCUT2D eigenvalue weighted by molar-refractivity contribution is -0.122. The first kappa shape index (κ1) is 30.5. The van der Waals surface area contributed by atoms with Gasteiger partial charge in [-0.3, -0.25) is 4.79 Å².